The van der Waals surface area contributed by atoms with Crippen molar-refractivity contribution in [2.75, 3.05) is 51.2 Å². The van der Waals surface area contributed by atoms with Crippen molar-refractivity contribution in [2.45, 2.75) is 6.10 Å². The highest BCUT2D eigenvalue weighted by molar-refractivity contribution is 5.92. The number of nitrogens with zero attached hydrogens (tertiary/aromatic N) is 2. The number of aliphatic hydroxyl groups is 1. The zero-order valence-corrected chi connectivity index (χ0v) is 15.5. The number of ether oxygens (including phenoxy) is 1. The molecule has 1 saturated heterocycles. The molecule has 144 valence electrons. The van der Waals surface area contributed by atoms with Gasteiger partial charge in [0.05, 0.1) is 6.54 Å². The highest BCUT2D eigenvalue weighted by Crippen LogP contribution is 2.10. The molecule has 0 bridgehead atoms. The zero-order valence-electron chi connectivity index (χ0n) is 15.5. The number of carbonyl (C=O) groups is 1. The molecule has 0 aliphatic carbocycles. The van der Waals surface area contributed by atoms with Crippen LogP contribution in [-0.2, 0) is 4.79 Å². The Morgan fingerprint density at radius 1 is 0.963 bits per heavy atom. The molecule has 6 nitrogen and oxygen atoms in total. The summed E-state index contributed by atoms with van der Waals surface area (Å²) in [5.41, 5.74) is 0.822. The minimum absolute atomic E-state index is 0.00551. The van der Waals surface area contributed by atoms with E-state index in [0.717, 1.165) is 37.6 Å². The van der Waals surface area contributed by atoms with Gasteiger partial charge in [-0.15, -0.1) is 0 Å². The first-order chi connectivity index (χ1) is 13.2. The molecule has 27 heavy (non-hydrogen) atoms. The fourth-order valence-corrected chi connectivity index (χ4v) is 3.11. The van der Waals surface area contributed by atoms with Crippen LogP contribution in [0.3, 0.4) is 0 Å². The van der Waals surface area contributed by atoms with Gasteiger partial charge in [-0.2, -0.15) is 0 Å². The van der Waals surface area contributed by atoms with Gasteiger partial charge in [0.15, 0.2) is 0 Å². The van der Waals surface area contributed by atoms with Crippen molar-refractivity contribution in [3.05, 3.63) is 60.7 Å². The molecule has 1 aliphatic heterocycles. The van der Waals surface area contributed by atoms with E-state index in [1.807, 2.05) is 60.7 Å². The van der Waals surface area contributed by atoms with E-state index in [0.29, 0.717) is 13.1 Å². The number of benzene rings is 2. The van der Waals surface area contributed by atoms with E-state index in [2.05, 4.69) is 15.1 Å². The number of piperazine rings is 1. The number of amides is 1. The standard InChI is InChI=1S/C21H27N3O3/c25-19(17-27-20-9-5-2-6-10-20)15-23-11-13-24(14-12-23)16-21(26)22-18-7-3-1-4-8-18/h1-10,19,25H,11-17H2,(H,22,26). The van der Waals surface area contributed by atoms with Crippen molar-refractivity contribution in [1.29, 1.82) is 0 Å². The third-order valence-electron chi connectivity index (χ3n) is 4.54. The number of hydrogen-bond acceptors (Lipinski definition) is 5. The average molecular weight is 369 g/mol. The molecule has 0 aromatic heterocycles. The Kier molecular flexibility index (Phi) is 7.21. The van der Waals surface area contributed by atoms with Crippen LogP contribution >= 0.6 is 0 Å². The number of carbonyl (C=O) groups excluding carboxylic acids is 1. The Labute approximate surface area is 160 Å². The Hall–Kier alpha value is -2.41. The van der Waals surface area contributed by atoms with Crippen LogP contribution in [0.2, 0.25) is 0 Å². The van der Waals surface area contributed by atoms with Crippen LogP contribution in [0.5, 0.6) is 5.75 Å². The molecule has 0 saturated carbocycles. The molecule has 1 heterocycles. The summed E-state index contributed by atoms with van der Waals surface area (Å²) in [7, 11) is 0. The van der Waals surface area contributed by atoms with Gasteiger partial charge in [0.2, 0.25) is 5.91 Å². The third-order valence-corrected chi connectivity index (χ3v) is 4.54. The molecule has 0 spiro atoms. The van der Waals surface area contributed by atoms with E-state index >= 15 is 0 Å². The van der Waals surface area contributed by atoms with Crippen LogP contribution in [0.15, 0.2) is 60.7 Å². The molecule has 1 atom stereocenters. The van der Waals surface area contributed by atoms with E-state index < -0.39 is 6.10 Å². The van der Waals surface area contributed by atoms with Gasteiger partial charge in [-0.05, 0) is 24.3 Å². The maximum Gasteiger partial charge on any atom is 0.238 e. The van der Waals surface area contributed by atoms with E-state index in [1.165, 1.54) is 0 Å². The normalized spacial score (nSPS) is 16.6. The van der Waals surface area contributed by atoms with Crippen molar-refractivity contribution >= 4 is 11.6 Å². The first kappa shape index (κ1) is 19.4. The second kappa shape index (κ2) is 10.1. The summed E-state index contributed by atoms with van der Waals surface area (Å²) >= 11 is 0. The summed E-state index contributed by atoms with van der Waals surface area (Å²) in [4.78, 5) is 16.5. The van der Waals surface area contributed by atoms with Crippen LogP contribution in [-0.4, -0.2) is 72.8 Å². The van der Waals surface area contributed by atoms with E-state index in [4.69, 9.17) is 4.74 Å². The molecule has 1 unspecified atom stereocenters. The minimum Gasteiger partial charge on any atom is -0.491 e. The fraction of sp³-hybridized carbons (Fsp3) is 0.381. The molecule has 2 N–H and O–H groups in total. The fourth-order valence-electron chi connectivity index (χ4n) is 3.11. The van der Waals surface area contributed by atoms with Crippen molar-refractivity contribution in [1.82, 2.24) is 9.80 Å². The van der Waals surface area contributed by atoms with Gasteiger partial charge in [-0.1, -0.05) is 36.4 Å². The number of anilines is 1. The van der Waals surface area contributed by atoms with Crippen LogP contribution in [0.4, 0.5) is 5.69 Å². The van der Waals surface area contributed by atoms with Gasteiger partial charge < -0.3 is 15.2 Å². The topological polar surface area (TPSA) is 65.0 Å². The second-order valence-corrected chi connectivity index (χ2v) is 6.77. The van der Waals surface area contributed by atoms with Gasteiger partial charge in [0.1, 0.15) is 18.5 Å². The molecule has 1 amide bonds. The summed E-state index contributed by atoms with van der Waals surface area (Å²) in [5, 5.41) is 13.1. The predicted octanol–water partition coefficient (Wildman–Crippen LogP) is 1.68. The maximum absolute atomic E-state index is 12.1. The lowest BCUT2D eigenvalue weighted by atomic mass is 10.2. The molecule has 2 aromatic carbocycles. The van der Waals surface area contributed by atoms with E-state index in [9.17, 15) is 9.90 Å². The minimum atomic E-state index is -0.530. The van der Waals surface area contributed by atoms with Crippen LogP contribution in [0.25, 0.3) is 0 Å². The van der Waals surface area contributed by atoms with Crippen LogP contribution < -0.4 is 10.1 Å². The quantitative estimate of drug-likeness (QED) is 0.741. The van der Waals surface area contributed by atoms with E-state index in [-0.39, 0.29) is 12.5 Å². The smallest absolute Gasteiger partial charge is 0.238 e. The van der Waals surface area contributed by atoms with Crippen molar-refractivity contribution in [2.24, 2.45) is 0 Å². The molecular formula is C21H27N3O3. The molecule has 2 aromatic rings. The number of hydrogen-bond donors (Lipinski definition) is 2. The molecule has 1 aliphatic rings. The molecular weight excluding hydrogens is 342 g/mol. The summed E-state index contributed by atoms with van der Waals surface area (Å²) in [5.74, 6) is 0.775. The van der Waals surface area contributed by atoms with Gasteiger partial charge in [0, 0.05) is 38.4 Å². The van der Waals surface area contributed by atoms with Crippen molar-refractivity contribution in [3.63, 3.8) is 0 Å². The molecule has 0 radical (unpaired) electrons. The Morgan fingerprint density at radius 2 is 1.56 bits per heavy atom. The highest BCUT2D eigenvalue weighted by Gasteiger charge is 2.21. The van der Waals surface area contributed by atoms with Crippen molar-refractivity contribution in [3.8, 4) is 5.75 Å². The number of aliphatic hydroxyl groups excluding tert-OH is 1. The Morgan fingerprint density at radius 3 is 2.22 bits per heavy atom. The summed E-state index contributed by atoms with van der Waals surface area (Å²) in [6.45, 7) is 4.55. The van der Waals surface area contributed by atoms with E-state index in [1.54, 1.807) is 0 Å². The first-order valence-corrected chi connectivity index (χ1v) is 9.34. The maximum atomic E-state index is 12.1. The monoisotopic (exact) mass is 369 g/mol. The number of nitrogens with one attached hydrogen (secondary N) is 1. The second-order valence-electron chi connectivity index (χ2n) is 6.77. The van der Waals surface area contributed by atoms with Gasteiger partial charge in [0.25, 0.3) is 0 Å². The Balaban J connectivity index is 1.33. The van der Waals surface area contributed by atoms with Gasteiger partial charge >= 0.3 is 0 Å². The zero-order chi connectivity index (χ0) is 18.9. The first-order valence-electron chi connectivity index (χ1n) is 9.34. The van der Waals surface area contributed by atoms with Crippen LogP contribution in [0.1, 0.15) is 0 Å². The number of rotatable bonds is 8. The lowest BCUT2D eigenvalue weighted by Gasteiger charge is -2.35. The van der Waals surface area contributed by atoms with Gasteiger partial charge in [-0.3, -0.25) is 14.6 Å². The third kappa shape index (κ3) is 6.67. The number of β-amino-alcohol motifs (C(OH)–C–C–N with tert-alkyl or cyclic N) is 1. The lowest BCUT2D eigenvalue weighted by molar-refractivity contribution is -0.117. The number of para-hydroxylation sites is 2. The average Bonchev–Trinajstić information content (AvgIpc) is 2.69. The molecule has 3 rings (SSSR count). The lowest BCUT2D eigenvalue weighted by Crippen LogP contribution is -2.50. The Bertz CT molecular complexity index is 688. The highest BCUT2D eigenvalue weighted by atomic mass is 16.5. The summed E-state index contributed by atoms with van der Waals surface area (Å²) in [6.07, 6.45) is -0.530. The van der Waals surface area contributed by atoms with Gasteiger partial charge in [-0.25, -0.2) is 0 Å². The summed E-state index contributed by atoms with van der Waals surface area (Å²) < 4.78 is 5.60. The van der Waals surface area contributed by atoms with Crippen LogP contribution in [0, 0.1) is 0 Å². The SMILES string of the molecule is O=C(CN1CCN(CC(O)COc2ccccc2)CC1)Nc1ccccc1. The largest absolute Gasteiger partial charge is 0.491 e. The summed E-state index contributed by atoms with van der Waals surface area (Å²) in [6, 6.07) is 19.0. The van der Waals surface area contributed by atoms with Crippen molar-refractivity contribution < 1.29 is 14.6 Å². The molecule has 1 fully saturated rings. The molecule has 6 heteroatoms. The predicted molar refractivity (Wildman–Crippen MR) is 106 cm³/mol.